The molecule has 3 aliphatic rings. The highest BCUT2D eigenvalue weighted by Crippen LogP contribution is 2.44. The van der Waals surface area contributed by atoms with Crippen LogP contribution in [0.3, 0.4) is 0 Å². The average molecular weight is 1180 g/mol. The van der Waals surface area contributed by atoms with Gasteiger partial charge >= 0.3 is 53.8 Å². The molecule has 0 radical (unpaired) electrons. The highest BCUT2D eigenvalue weighted by atomic mass is 16.7. The van der Waals surface area contributed by atoms with E-state index in [0.717, 1.165) is 77.6 Å². The lowest BCUT2D eigenvalue weighted by molar-refractivity contribution is -0.259. The van der Waals surface area contributed by atoms with Crippen molar-refractivity contribution in [2.24, 2.45) is 17.6 Å². The Balaban J connectivity index is 1.34. The number of hydrogen-bond donors (Lipinski definition) is 5. The van der Waals surface area contributed by atoms with Crippen molar-refractivity contribution in [3.63, 3.8) is 0 Å². The number of benzene rings is 2. The van der Waals surface area contributed by atoms with Crippen LogP contribution in [0.25, 0.3) is 11.1 Å². The predicted octanol–water partition coefficient (Wildman–Crippen LogP) is -0.377. The molecule has 2 aromatic carbocycles. The Hall–Kier alpha value is -8.73. The van der Waals surface area contributed by atoms with Gasteiger partial charge in [0.05, 0.1) is 11.8 Å². The van der Waals surface area contributed by atoms with Gasteiger partial charge in [0.25, 0.3) is 0 Å². The minimum Gasteiger partial charge on any atom is -0.463 e. The number of alkyl carbamates (subject to hydrolysis) is 1. The largest absolute Gasteiger partial charge is 0.463 e. The fourth-order valence-corrected chi connectivity index (χ4v) is 9.89. The van der Waals surface area contributed by atoms with Crippen molar-refractivity contribution in [2.45, 2.75) is 135 Å². The number of carbonyl (C=O) groups excluding carboxylic acids is 13. The SMILES string of the molecule is CC(=O)OC[C@H]1O[C@@H]([C@@H](CNC(=O)CCNC(=O)[C@H](CNC(=O)CCNC(=O)OCC2c3ccccc3-c3ccccc32)[C@@H]2O[C@H](COC(C)=O)[C@@H](OC(C)=O)[C@H](OC(C)=O)[C@H]2OC(C)=O)C(N)=O)[C@H](OC(C)=O)[C@@H](OC(C)=O)[C@@H]1OC(C)=O. The molecule has 0 aromatic heterocycles. The lowest BCUT2D eigenvalue weighted by atomic mass is 9.86. The van der Waals surface area contributed by atoms with Crippen molar-refractivity contribution in [3.05, 3.63) is 59.7 Å². The van der Waals surface area contributed by atoms with Crippen molar-refractivity contribution in [1.29, 1.82) is 0 Å². The van der Waals surface area contributed by atoms with Crippen LogP contribution < -0.4 is 27.0 Å². The Labute approximate surface area is 481 Å². The maximum atomic E-state index is 14.5. The molecule has 84 heavy (non-hydrogen) atoms. The van der Waals surface area contributed by atoms with Crippen LogP contribution in [-0.4, -0.2) is 185 Å². The van der Waals surface area contributed by atoms with Gasteiger partial charge in [-0.15, -0.1) is 0 Å². The van der Waals surface area contributed by atoms with Crippen LogP contribution in [0.2, 0.25) is 0 Å². The van der Waals surface area contributed by atoms with Crippen LogP contribution >= 0.6 is 0 Å². The monoisotopic (exact) mass is 1180 g/mol. The Morgan fingerprint density at radius 2 is 0.810 bits per heavy atom. The molecule has 2 heterocycles. The standard InChI is InChI=1S/C55H69N5O24/c1-26(61)74-24-41-47(77-28(3)63)51(81-32(7)67)49(79-30(5)65)45(83-41)38(53(56)71)21-59-43(69)17-19-57-54(72)39(46-50(80-31(6)66)52(82-33(8)68)48(78-29(4)64)42(84-46)25-75-27(2)62)22-60-44(70)18-20-58-55(73)76-23-40-36-15-11-9-13-34(36)35-14-10-12-16-37(35)40/h9-16,38-42,45-52H,17-25H2,1-8H3,(H2,56,71)(H,57,72)(H,58,73)(H,59,69)(H,60,70)/t38-,39-,41-,42-,45+,46+,47-,48-,49+,50+,51+,52+/m1/s1. The number of carbonyl (C=O) groups is 13. The number of hydrogen-bond acceptors (Lipinski definition) is 24. The maximum Gasteiger partial charge on any atom is 0.407 e. The van der Waals surface area contributed by atoms with Crippen molar-refractivity contribution in [2.75, 3.05) is 46.0 Å². The molecule has 2 aromatic rings. The molecule has 0 bridgehead atoms. The fourth-order valence-electron chi connectivity index (χ4n) is 9.89. The van der Waals surface area contributed by atoms with E-state index < -0.39 is 190 Å². The van der Waals surface area contributed by atoms with E-state index in [9.17, 15) is 62.3 Å². The van der Waals surface area contributed by atoms with Gasteiger partial charge in [-0.2, -0.15) is 0 Å². The van der Waals surface area contributed by atoms with E-state index in [0.29, 0.717) is 0 Å². The third kappa shape index (κ3) is 18.9. The van der Waals surface area contributed by atoms with Gasteiger partial charge in [-0.25, -0.2) is 4.79 Å². The number of nitrogens with one attached hydrogen (secondary N) is 4. The summed E-state index contributed by atoms with van der Waals surface area (Å²) < 4.78 is 61.1. The summed E-state index contributed by atoms with van der Waals surface area (Å²) in [6.07, 6.45) is -18.2. The number of amides is 5. The molecule has 12 atom stereocenters. The summed E-state index contributed by atoms with van der Waals surface area (Å²) in [6, 6.07) is 15.4. The van der Waals surface area contributed by atoms with Crippen LogP contribution in [0, 0.1) is 11.8 Å². The van der Waals surface area contributed by atoms with Crippen molar-refractivity contribution in [1.82, 2.24) is 21.3 Å². The van der Waals surface area contributed by atoms with Gasteiger partial charge in [0.15, 0.2) is 36.6 Å². The first-order valence-corrected chi connectivity index (χ1v) is 26.6. The Morgan fingerprint density at radius 1 is 0.440 bits per heavy atom. The van der Waals surface area contributed by atoms with Crippen LogP contribution in [0.1, 0.15) is 85.3 Å². The van der Waals surface area contributed by atoms with Gasteiger partial charge in [-0.3, -0.25) is 57.5 Å². The molecule has 2 saturated heterocycles. The Kier molecular flexibility index (Phi) is 24.4. The van der Waals surface area contributed by atoms with E-state index in [2.05, 4.69) is 21.3 Å². The number of nitrogens with two attached hydrogens (primary N) is 1. The molecule has 29 nitrogen and oxygen atoms in total. The quantitative estimate of drug-likeness (QED) is 0.0592. The summed E-state index contributed by atoms with van der Waals surface area (Å²) in [5.41, 5.74) is 9.79. The van der Waals surface area contributed by atoms with Gasteiger partial charge in [0.2, 0.25) is 23.6 Å². The summed E-state index contributed by atoms with van der Waals surface area (Å²) in [5.74, 6) is -14.6. The molecule has 458 valence electrons. The third-order valence-corrected chi connectivity index (χ3v) is 13.2. The molecule has 5 amide bonds. The lowest BCUT2D eigenvalue weighted by Gasteiger charge is -2.46. The number of esters is 8. The molecule has 1 aliphatic carbocycles. The van der Waals surface area contributed by atoms with E-state index in [1.165, 1.54) is 0 Å². The van der Waals surface area contributed by atoms with E-state index in [-0.39, 0.29) is 25.5 Å². The van der Waals surface area contributed by atoms with E-state index in [1.807, 2.05) is 48.5 Å². The third-order valence-electron chi connectivity index (χ3n) is 13.2. The molecule has 6 N–H and O–H groups in total. The summed E-state index contributed by atoms with van der Waals surface area (Å²) in [4.78, 5) is 166. The zero-order valence-electron chi connectivity index (χ0n) is 47.4. The summed E-state index contributed by atoms with van der Waals surface area (Å²) >= 11 is 0. The average Bonchev–Trinajstić information content (AvgIpc) is 2.96. The Morgan fingerprint density at radius 3 is 1.21 bits per heavy atom. The second kappa shape index (κ2) is 31.1. The molecule has 0 unspecified atom stereocenters. The first kappa shape index (κ1) is 66.1. The molecule has 2 aliphatic heterocycles. The number of fused-ring (bicyclic) bond motifs is 3. The molecule has 29 heteroatoms. The molecule has 0 spiro atoms. The highest BCUT2D eigenvalue weighted by Gasteiger charge is 2.57. The first-order valence-electron chi connectivity index (χ1n) is 26.6. The number of ether oxygens (including phenoxy) is 11. The highest BCUT2D eigenvalue weighted by molar-refractivity contribution is 5.84. The second-order valence-electron chi connectivity index (χ2n) is 19.6. The van der Waals surface area contributed by atoms with Crippen LogP contribution in [0.15, 0.2) is 48.5 Å². The van der Waals surface area contributed by atoms with Crippen LogP contribution in [0.5, 0.6) is 0 Å². The normalized spacial score (nSPS) is 22.9. The van der Waals surface area contributed by atoms with E-state index in [1.54, 1.807) is 0 Å². The van der Waals surface area contributed by atoms with Gasteiger partial charge < -0.3 is 79.1 Å². The number of primary amides is 1. The topological polar surface area (TPSA) is 398 Å². The second-order valence-corrected chi connectivity index (χ2v) is 19.6. The van der Waals surface area contributed by atoms with Gasteiger partial charge in [0.1, 0.15) is 44.2 Å². The molecular weight excluding hydrogens is 1110 g/mol. The zero-order valence-corrected chi connectivity index (χ0v) is 47.4. The van der Waals surface area contributed by atoms with Crippen LogP contribution in [0.4, 0.5) is 4.79 Å². The van der Waals surface area contributed by atoms with Gasteiger partial charge in [-0.05, 0) is 22.3 Å². The Bertz CT molecular complexity index is 2750. The molecule has 5 rings (SSSR count). The van der Waals surface area contributed by atoms with Gasteiger partial charge in [0, 0.05) is 100 Å². The van der Waals surface area contributed by atoms with Crippen molar-refractivity contribution in [3.8, 4) is 11.1 Å². The summed E-state index contributed by atoms with van der Waals surface area (Å²) in [7, 11) is 0. The van der Waals surface area contributed by atoms with E-state index >= 15 is 0 Å². The smallest absolute Gasteiger partial charge is 0.407 e. The summed E-state index contributed by atoms with van der Waals surface area (Å²) in [6.45, 7) is 4.70. The van der Waals surface area contributed by atoms with Crippen LogP contribution in [-0.2, 0) is 110 Å². The molecule has 2 fully saturated rings. The molecule has 0 saturated carbocycles. The fraction of sp³-hybridized carbons (Fsp3) is 0.545. The summed E-state index contributed by atoms with van der Waals surface area (Å²) in [5, 5.41) is 10.1. The predicted molar refractivity (Wildman–Crippen MR) is 281 cm³/mol. The lowest BCUT2D eigenvalue weighted by Crippen LogP contribution is -2.66. The first-order chi connectivity index (χ1) is 39.7. The zero-order chi connectivity index (χ0) is 61.9. The van der Waals surface area contributed by atoms with Crippen molar-refractivity contribution >= 4 is 77.5 Å². The van der Waals surface area contributed by atoms with Gasteiger partial charge in [-0.1, -0.05) is 48.5 Å². The number of rotatable bonds is 26. The minimum absolute atomic E-state index is 0.0115. The van der Waals surface area contributed by atoms with E-state index in [4.69, 9.17) is 57.8 Å². The molecular formula is C55H69N5O24. The van der Waals surface area contributed by atoms with Crippen molar-refractivity contribution < 1.29 is 114 Å². The maximum absolute atomic E-state index is 14.5. The minimum atomic E-state index is -1.78.